The van der Waals surface area contributed by atoms with Gasteiger partial charge in [-0.15, -0.1) is 0 Å². The van der Waals surface area contributed by atoms with Crippen LogP contribution >= 0.6 is 11.8 Å². The van der Waals surface area contributed by atoms with Crippen molar-refractivity contribution >= 4 is 17.7 Å². The number of nitrogens with one attached hydrogen (secondary N) is 2. The minimum absolute atomic E-state index is 0.129. The van der Waals surface area contributed by atoms with Gasteiger partial charge in [0.15, 0.2) is 0 Å². The molecular weight excluding hydrogens is 282 g/mol. The maximum absolute atomic E-state index is 12.6. The van der Waals surface area contributed by atoms with Crippen molar-refractivity contribution < 1.29 is 4.79 Å². The molecule has 1 aliphatic heterocycles. The van der Waals surface area contributed by atoms with Crippen LogP contribution in [-0.4, -0.2) is 55.5 Å². The second-order valence-corrected chi connectivity index (χ2v) is 6.43. The molecule has 2 N–H and O–H groups in total. The number of rotatable bonds is 7. The highest BCUT2D eigenvalue weighted by atomic mass is 32.2. The van der Waals surface area contributed by atoms with Gasteiger partial charge in [0.1, 0.15) is 6.04 Å². The van der Waals surface area contributed by atoms with Crippen LogP contribution in [0.15, 0.2) is 30.3 Å². The fourth-order valence-corrected chi connectivity index (χ4v) is 3.50. The molecule has 0 aliphatic carbocycles. The normalized spacial score (nSPS) is 17.4. The number of carbonyl (C=O) groups excluding carboxylic acids is 1. The largest absolute Gasteiger partial charge is 0.354 e. The van der Waals surface area contributed by atoms with E-state index in [1.807, 2.05) is 37.0 Å². The van der Waals surface area contributed by atoms with E-state index < -0.39 is 0 Å². The molecule has 1 aromatic rings. The van der Waals surface area contributed by atoms with E-state index in [0.717, 1.165) is 49.7 Å². The van der Waals surface area contributed by atoms with Gasteiger partial charge in [-0.05, 0) is 25.6 Å². The zero-order valence-electron chi connectivity index (χ0n) is 12.7. The monoisotopic (exact) mass is 307 g/mol. The van der Waals surface area contributed by atoms with Gasteiger partial charge in [-0.2, -0.15) is 11.8 Å². The summed E-state index contributed by atoms with van der Waals surface area (Å²) in [5, 5.41) is 6.19. The van der Waals surface area contributed by atoms with Crippen LogP contribution in [0.2, 0.25) is 0 Å². The fraction of sp³-hybridized carbons (Fsp3) is 0.562. The van der Waals surface area contributed by atoms with E-state index in [2.05, 4.69) is 27.7 Å². The molecule has 1 aromatic carbocycles. The summed E-state index contributed by atoms with van der Waals surface area (Å²) in [7, 11) is 1.93. The van der Waals surface area contributed by atoms with Crippen LogP contribution in [-0.2, 0) is 4.79 Å². The van der Waals surface area contributed by atoms with Gasteiger partial charge in [0, 0.05) is 31.1 Å². The summed E-state index contributed by atoms with van der Waals surface area (Å²) in [5.41, 5.74) is 1.09. The third kappa shape index (κ3) is 5.02. The smallest absolute Gasteiger partial charge is 0.241 e. The van der Waals surface area contributed by atoms with Gasteiger partial charge in [0.2, 0.25) is 5.91 Å². The molecule has 4 nitrogen and oxygen atoms in total. The number of carbonyl (C=O) groups is 1. The van der Waals surface area contributed by atoms with E-state index in [0.29, 0.717) is 0 Å². The van der Waals surface area contributed by atoms with Crippen LogP contribution in [0.5, 0.6) is 0 Å². The van der Waals surface area contributed by atoms with Gasteiger partial charge < -0.3 is 10.6 Å². The lowest BCUT2D eigenvalue weighted by molar-refractivity contribution is -0.126. The molecule has 1 unspecified atom stereocenters. The van der Waals surface area contributed by atoms with Gasteiger partial charge >= 0.3 is 0 Å². The molecule has 1 atom stereocenters. The highest BCUT2D eigenvalue weighted by Crippen LogP contribution is 2.24. The molecular formula is C16H25N3OS. The Morgan fingerprint density at radius 3 is 2.62 bits per heavy atom. The number of amides is 1. The molecule has 21 heavy (non-hydrogen) atoms. The quantitative estimate of drug-likeness (QED) is 0.750. The van der Waals surface area contributed by atoms with Crippen LogP contribution in [0, 0.1) is 0 Å². The van der Waals surface area contributed by atoms with E-state index in [1.165, 1.54) is 0 Å². The lowest BCUT2D eigenvalue weighted by Gasteiger charge is -2.33. The summed E-state index contributed by atoms with van der Waals surface area (Å²) in [6.07, 6.45) is 0.958. The Kier molecular flexibility index (Phi) is 7.06. The molecule has 0 spiro atoms. The zero-order chi connectivity index (χ0) is 14.9. The lowest BCUT2D eigenvalue weighted by atomic mass is 10.0. The lowest BCUT2D eigenvalue weighted by Crippen LogP contribution is -2.44. The Balaban J connectivity index is 2.02. The van der Waals surface area contributed by atoms with E-state index in [-0.39, 0.29) is 11.9 Å². The second-order valence-electron chi connectivity index (χ2n) is 5.21. The molecule has 0 saturated carbocycles. The third-order valence-corrected chi connectivity index (χ3v) is 4.62. The summed E-state index contributed by atoms with van der Waals surface area (Å²) < 4.78 is 0. The van der Waals surface area contributed by atoms with Crippen molar-refractivity contribution in [3.63, 3.8) is 0 Å². The summed E-state index contributed by atoms with van der Waals surface area (Å²) >= 11 is 1.97. The van der Waals surface area contributed by atoms with Gasteiger partial charge in [0.25, 0.3) is 0 Å². The first-order chi connectivity index (χ1) is 10.3. The minimum atomic E-state index is -0.151. The van der Waals surface area contributed by atoms with Crippen molar-refractivity contribution in [1.82, 2.24) is 15.5 Å². The highest BCUT2D eigenvalue weighted by molar-refractivity contribution is 7.99. The van der Waals surface area contributed by atoms with E-state index in [9.17, 15) is 4.79 Å². The predicted molar refractivity (Wildman–Crippen MR) is 89.6 cm³/mol. The van der Waals surface area contributed by atoms with Gasteiger partial charge in [-0.3, -0.25) is 9.69 Å². The topological polar surface area (TPSA) is 44.4 Å². The molecule has 1 heterocycles. The first kappa shape index (κ1) is 16.3. The maximum Gasteiger partial charge on any atom is 0.241 e. The molecule has 1 saturated heterocycles. The van der Waals surface area contributed by atoms with E-state index in [4.69, 9.17) is 0 Å². The summed E-state index contributed by atoms with van der Waals surface area (Å²) in [6, 6.07) is 9.98. The van der Waals surface area contributed by atoms with Crippen LogP contribution < -0.4 is 10.6 Å². The Bertz CT molecular complexity index is 421. The van der Waals surface area contributed by atoms with Crippen LogP contribution in [0.25, 0.3) is 0 Å². The summed E-state index contributed by atoms with van der Waals surface area (Å²) in [6.45, 7) is 3.62. The number of thioether (sulfide) groups is 1. The van der Waals surface area contributed by atoms with E-state index in [1.54, 1.807) is 0 Å². The first-order valence-electron chi connectivity index (χ1n) is 7.62. The molecule has 1 aliphatic rings. The molecule has 0 bridgehead atoms. The SMILES string of the molecule is CNCCCNC(=O)C(c1ccccc1)N1CCSCC1. The van der Waals surface area contributed by atoms with Gasteiger partial charge in [0.05, 0.1) is 0 Å². The van der Waals surface area contributed by atoms with Crippen molar-refractivity contribution in [3.05, 3.63) is 35.9 Å². The number of hydrogen-bond acceptors (Lipinski definition) is 4. The van der Waals surface area contributed by atoms with E-state index >= 15 is 0 Å². The number of hydrogen-bond donors (Lipinski definition) is 2. The molecule has 5 heteroatoms. The molecule has 1 amide bonds. The zero-order valence-corrected chi connectivity index (χ0v) is 13.5. The number of benzene rings is 1. The Hall–Kier alpha value is -1.04. The summed E-state index contributed by atoms with van der Waals surface area (Å²) in [5.74, 6) is 2.34. The van der Waals surface area contributed by atoms with Crippen LogP contribution in [0.4, 0.5) is 0 Å². The maximum atomic E-state index is 12.6. The Morgan fingerprint density at radius 1 is 1.24 bits per heavy atom. The van der Waals surface area contributed by atoms with Crippen molar-refractivity contribution in [2.75, 3.05) is 44.7 Å². The minimum Gasteiger partial charge on any atom is -0.354 e. The number of nitrogens with zero attached hydrogens (tertiary/aromatic N) is 1. The van der Waals surface area contributed by atoms with Crippen molar-refractivity contribution in [1.29, 1.82) is 0 Å². The molecule has 2 rings (SSSR count). The standard InChI is InChI=1S/C16H25N3OS/c1-17-8-5-9-18-16(20)15(14-6-3-2-4-7-14)19-10-12-21-13-11-19/h2-4,6-7,15,17H,5,8-13H2,1H3,(H,18,20). The van der Waals surface area contributed by atoms with Crippen LogP contribution in [0.3, 0.4) is 0 Å². The van der Waals surface area contributed by atoms with Crippen molar-refractivity contribution in [2.24, 2.45) is 0 Å². The second kappa shape index (κ2) is 9.07. The fourth-order valence-electron chi connectivity index (χ4n) is 2.57. The Labute approximate surface area is 131 Å². The van der Waals surface area contributed by atoms with Gasteiger partial charge in [-0.25, -0.2) is 0 Å². The van der Waals surface area contributed by atoms with Crippen molar-refractivity contribution in [3.8, 4) is 0 Å². The highest BCUT2D eigenvalue weighted by Gasteiger charge is 2.28. The Morgan fingerprint density at radius 2 is 1.95 bits per heavy atom. The molecule has 116 valence electrons. The van der Waals surface area contributed by atoms with Crippen molar-refractivity contribution in [2.45, 2.75) is 12.5 Å². The third-order valence-electron chi connectivity index (χ3n) is 3.68. The summed E-state index contributed by atoms with van der Waals surface area (Å²) in [4.78, 5) is 14.9. The van der Waals surface area contributed by atoms with Gasteiger partial charge in [-0.1, -0.05) is 30.3 Å². The molecule has 0 radical (unpaired) electrons. The first-order valence-corrected chi connectivity index (χ1v) is 8.77. The molecule has 0 aromatic heterocycles. The average Bonchev–Trinajstić information content (AvgIpc) is 2.54. The molecule has 1 fully saturated rings. The van der Waals surface area contributed by atoms with Crippen LogP contribution in [0.1, 0.15) is 18.0 Å². The predicted octanol–water partition coefficient (Wildman–Crippen LogP) is 1.50. The average molecular weight is 307 g/mol.